The molecule has 6 nitrogen and oxygen atoms in total. The molecule has 1 aromatic carbocycles. The van der Waals surface area contributed by atoms with Gasteiger partial charge in [-0.25, -0.2) is 4.68 Å². The summed E-state index contributed by atoms with van der Waals surface area (Å²) < 4.78 is 1.57. The van der Waals surface area contributed by atoms with Crippen LogP contribution in [-0.2, 0) is 13.5 Å². The Morgan fingerprint density at radius 1 is 1.45 bits per heavy atom. The quantitative estimate of drug-likeness (QED) is 0.695. The van der Waals surface area contributed by atoms with Gasteiger partial charge in [0.25, 0.3) is 0 Å². The number of aryl methyl sites for hydroxylation is 2. The molecule has 1 N–H and O–H groups in total. The highest BCUT2D eigenvalue weighted by Crippen LogP contribution is 2.61. The highest BCUT2D eigenvalue weighted by molar-refractivity contribution is 5.59. The van der Waals surface area contributed by atoms with E-state index < -0.39 is 0 Å². The van der Waals surface area contributed by atoms with Crippen LogP contribution in [0.15, 0.2) is 24.3 Å². The summed E-state index contributed by atoms with van der Waals surface area (Å²) in [6, 6.07) is 8.62. The number of benzene rings is 1. The lowest BCUT2D eigenvalue weighted by molar-refractivity contribution is -0.384. The minimum Gasteiger partial charge on any atom is -0.364 e. The Bertz CT molecular complexity index is 768. The number of nitrogens with one attached hydrogen (secondary N) is 1. The first-order valence-corrected chi connectivity index (χ1v) is 7.57. The molecule has 0 spiro atoms. The smallest absolute Gasteiger partial charge is 0.333 e. The number of nitro groups is 1. The number of hydrogen-bond acceptors (Lipinski definition) is 4. The molecule has 0 radical (unpaired) electrons. The summed E-state index contributed by atoms with van der Waals surface area (Å²) in [5.74, 6) is 2.40. The fraction of sp³-hybridized carbons (Fsp3) is 0.438. The summed E-state index contributed by atoms with van der Waals surface area (Å²) in [6.45, 7) is 2.44. The van der Waals surface area contributed by atoms with Gasteiger partial charge >= 0.3 is 5.69 Å². The normalized spacial score (nSPS) is 24.7. The van der Waals surface area contributed by atoms with Crippen LogP contribution in [0.3, 0.4) is 0 Å². The Morgan fingerprint density at radius 2 is 2.23 bits per heavy atom. The van der Waals surface area contributed by atoms with Crippen LogP contribution < -0.4 is 5.32 Å². The third-order valence-corrected chi connectivity index (χ3v) is 5.08. The first-order valence-electron chi connectivity index (χ1n) is 7.57. The van der Waals surface area contributed by atoms with Gasteiger partial charge < -0.3 is 5.32 Å². The van der Waals surface area contributed by atoms with Crippen LogP contribution in [-0.4, -0.2) is 21.2 Å². The Labute approximate surface area is 128 Å². The molecule has 0 saturated heterocycles. The maximum Gasteiger partial charge on any atom is 0.333 e. The van der Waals surface area contributed by atoms with Crippen LogP contribution in [0.4, 0.5) is 11.5 Å². The van der Waals surface area contributed by atoms with Crippen LogP contribution in [0.5, 0.6) is 0 Å². The first kappa shape index (κ1) is 13.3. The predicted molar refractivity (Wildman–Crippen MR) is 83.0 cm³/mol. The van der Waals surface area contributed by atoms with Crippen LogP contribution in [0.25, 0.3) is 0 Å². The van der Waals surface area contributed by atoms with E-state index in [1.807, 2.05) is 0 Å². The van der Waals surface area contributed by atoms with E-state index in [0.717, 1.165) is 13.0 Å². The highest BCUT2D eigenvalue weighted by Gasteiger charge is 2.55. The molecule has 6 heteroatoms. The molecule has 1 aromatic heterocycles. The van der Waals surface area contributed by atoms with E-state index in [2.05, 4.69) is 34.7 Å². The topological polar surface area (TPSA) is 73.0 Å². The molecular formula is C16H18N4O2. The fourth-order valence-electron chi connectivity index (χ4n) is 4.04. The average molecular weight is 298 g/mol. The van der Waals surface area contributed by atoms with Crippen molar-refractivity contribution in [2.75, 3.05) is 11.9 Å². The number of fused-ring (bicyclic) bond motifs is 3. The minimum atomic E-state index is -0.353. The second-order valence-corrected chi connectivity index (χ2v) is 6.30. The molecule has 3 atom stereocenters. The van der Waals surface area contributed by atoms with E-state index in [9.17, 15) is 10.1 Å². The van der Waals surface area contributed by atoms with Crippen molar-refractivity contribution in [3.8, 4) is 0 Å². The van der Waals surface area contributed by atoms with Crippen molar-refractivity contribution in [2.45, 2.75) is 19.3 Å². The molecule has 3 unspecified atom stereocenters. The van der Waals surface area contributed by atoms with Gasteiger partial charge in [-0.3, -0.25) is 10.1 Å². The van der Waals surface area contributed by atoms with Gasteiger partial charge in [-0.2, -0.15) is 5.10 Å². The molecule has 1 saturated carbocycles. The summed E-state index contributed by atoms with van der Waals surface area (Å²) in [4.78, 5) is 10.8. The van der Waals surface area contributed by atoms with Gasteiger partial charge in [0.05, 0.1) is 4.92 Å². The van der Waals surface area contributed by atoms with Gasteiger partial charge in [0.2, 0.25) is 5.82 Å². The van der Waals surface area contributed by atoms with Gasteiger partial charge in [-0.15, -0.1) is 0 Å². The van der Waals surface area contributed by atoms with Crippen LogP contribution in [0.2, 0.25) is 0 Å². The molecule has 2 aromatic rings. The zero-order chi connectivity index (χ0) is 15.4. The molecule has 114 valence electrons. The summed E-state index contributed by atoms with van der Waals surface area (Å²) in [5.41, 5.74) is 3.48. The molecule has 22 heavy (non-hydrogen) atoms. The van der Waals surface area contributed by atoms with Gasteiger partial charge in [-0.1, -0.05) is 24.3 Å². The maximum absolute atomic E-state index is 11.2. The molecule has 1 heterocycles. The first-order chi connectivity index (χ1) is 10.6. The molecule has 0 amide bonds. The van der Waals surface area contributed by atoms with Crippen molar-refractivity contribution in [3.05, 3.63) is 51.2 Å². The highest BCUT2D eigenvalue weighted by atomic mass is 16.6. The van der Waals surface area contributed by atoms with E-state index in [-0.39, 0.29) is 10.6 Å². The molecule has 1 fully saturated rings. The second-order valence-electron chi connectivity index (χ2n) is 6.30. The largest absolute Gasteiger partial charge is 0.364 e. The zero-order valence-electron chi connectivity index (χ0n) is 12.6. The van der Waals surface area contributed by atoms with E-state index in [0.29, 0.717) is 29.3 Å². The summed E-state index contributed by atoms with van der Waals surface area (Å²) in [6.07, 6.45) is 1.14. The van der Waals surface area contributed by atoms with Crippen molar-refractivity contribution < 1.29 is 4.92 Å². The van der Waals surface area contributed by atoms with Crippen molar-refractivity contribution in [3.63, 3.8) is 0 Å². The number of hydrogen-bond donors (Lipinski definition) is 1. The summed E-state index contributed by atoms with van der Waals surface area (Å²) >= 11 is 0. The van der Waals surface area contributed by atoms with Crippen molar-refractivity contribution in [1.82, 2.24) is 9.78 Å². The molecular weight excluding hydrogens is 280 g/mol. The monoisotopic (exact) mass is 298 g/mol. The van der Waals surface area contributed by atoms with Gasteiger partial charge in [-0.05, 0) is 42.2 Å². The number of rotatable bonds is 4. The van der Waals surface area contributed by atoms with E-state index >= 15 is 0 Å². The van der Waals surface area contributed by atoms with Crippen molar-refractivity contribution >= 4 is 11.5 Å². The number of anilines is 1. The lowest BCUT2D eigenvalue weighted by Gasteiger charge is -2.09. The van der Waals surface area contributed by atoms with Gasteiger partial charge in [0, 0.05) is 13.6 Å². The lowest BCUT2D eigenvalue weighted by Crippen LogP contribution is -2.12. The fourth-order valence-corrected chi connectivity index (χ4v) is 4.04. The minimum absolute atomic E-state index is 0.0914. The molecule has 0 aliphatic heterocycles. The van der Waals surface area contributed by atoms with E-state index in [1.165, 1.54) is 11.1 Å². The molecule has 4 rings (SSSR count). The average Bonchev–Trinajstić information content (AvgIpc) is 2.86. The molecule has 2 aliphatic rings. The Balaban J connectivity index is 1.49. The van der Waals surface area contributed by atoms with Crippen LogP contribution in [0, 0.1) is 28.9 Å². The summed E-state index contributed by atoms with van der Waals surface area (Å²) in [7, 11) is 1.74. The summed E-state index contributed by atoms with van der Waals surface area (Å²) in [5, 5.41) is 18.6. The zero-order valence-corrected chi connectivity index (χ0v) is 12.6. The number of aromatic nitrogens is 2. The van der Waals surface area contributed by atoms with E-state index in [4.69, 9.17) is 0 Å². The predicted octanol–water partition coefficient (Wildman–Crippen LogP) is 2.63. The standard InChI is InChI=1S/C16H18N4O2/c1-9-15(20(21)22)16(19(2)18-9)17-8-13-12-7-10-5-3-4-6-11(10)14(12)13/h3-6,12-14,17H,7-8H2,1-2H3. The second kappa shape index (κ2) is 4.56. The molecule has 2 aliphatic carbocycles. The Hall–Kier alpha value is -2.37. The van der Waals surface area contributed by atoms with E-state index in [1.54, 1.807) is 18.7 Å². The van der Waals surface area contributed by atoms with Crippen LogP contribution in [0.1, 0.15) is 22.7 Å². The van der Waals surface area contributed by atoms with Crippen molar-refractivity contribution in [2.24, 2.45) is 18.9 Å². The molecule has 0 bridgehead atoms. The number of nitrogens with zero attached hydrogens (tertiary/aromatic N) is 3. The third kappa shape index (κ3) is 1.83. The maximum atomic E-state index is 11.2. The van der Waals surface area contributed by atoms with Crippen LogP contribution >= 0.6 is 0 Å². The third-order valence-electron chi connectivity index (χ3n) is 5.08. The Morgan fingerprint density at radius 3 is 3.00 bits per heavy atom. The van der Waals surface area contributed by atoms with Gasteiger partial charge in [0.15, 0.2) is 0 Å². The SMILES string of the molecule is Cc1nn(C)c(NCC2C3Cc4ccccc4C23)c1[N+](=O)[O-]. The Kier molecular flexibility index (Phi) is 2.76. The lowest BCUT2D eigenvalue weighted by atomic mass is 10.0. The van der Waals surface area contributed by atoms with Crippen molar-refractivity contribution in [1.29, 1.82) is 0 Å². The van der Waals surface area contributed by atoms with Gasteiger partial charge in [0.1, 0.15) is 5.69 Å².